The van der Waals surface area contributed by atoms with E-state index >= 15 is 0 Å². The van der Waals surface area contributed by atoms with Crippen LogP contribution in [0, 0.1) is 5.92 Å². The van der Waals surface area contributed by atoms with Crippen molar-refractivity contribution in [3.8, 4) is 33.9 Å². The number of phosphoric ester groups is 1. The molecule has 0 saturated carbocycles. The van der Waals surface area contributed by atoms with Gasteiger partial charge in [-0.1, -0.05) is 89.8 Å². The lowest BCUT2D eigenvalue weighted by Crippen LogP contribution is -2.26. The van der Waals surface area contributed by atoms with E-state index in [1.54, 1.807) is 77.9 Å². The largest absolute Gasteiger partial charge is 0.531 e. The number of hydrogen-bond donors (Lipinski definition) is 4. The molecule has 5 rings (SSSR count). The molecule has 14 nitrogen and oxygen atoms in total. The summed E-state index contributed by atoms with van der Waals surface area (Å²) in [6, 6.07) is 18.1. The van der Waals surface area contributed by atoms with Crippen molar-refractivity contribution in [3.63, 3.8) is 0 Å². The Morgan fingerprint density at radius 2 is 1.41 bits per heavy atom. The van der Waals surface area contributed by atoms with Gasteiger partial charge in [-0.15, -0.1) is 0 Å². The Labute approximate surface area is 387 Å². The molecule has 1 heterocycles. The van der Waals surface area contributed by atoms with Crippen LogP contribution in [-0.4, -0.2) is 39.4 Å². The zero-order valence-corrected chi connectivity index (χ0v) is 40.3. The summed E-state index contributed by atoms with van der Waals surface area (Å²) in [4.78, 5) is 51.6. The molecule has 1 atom stereocenters. The number of anilines is 1. The second-order valence-corrected chi connectivity index (χ2v) is 20.2. The van der Waals surface area contributed by atoms with Crippen LogP contribution in [-0.2, 0) is 36.3 Å². The molecule has 3 aromatic carbocycles. The Balaban J connectivity index is 1.30. The Bertz CT molecular complexity index is 2530. The molecular formula is C51H65N2O12P. The van der Waals surface area contributed by atoms with Gasteiger partial charge in [0.05, 0.1) is 22.5 Å². The number of carbonyl (C=O) groups excluding carboxylic acids is 2. The van der Waals surface area contributed by atoms with Crippen LogP contribution in [0.15, 0.2) is 82.0 Å². The van der Waals surface area contributed by atoms with Crippen molar-refractivity contribution >= 4 is 42.4 Å². The fourth-order valence-electron chi connectivity index (χ4n) is 7.46. The van der Waals surface area contributed by atoms with Crippen molar-refractivity contribution in [2.45, 2.75) is 144 Å². The molecule has 0 aromatic heterocycles. The lowest BCUT2D eigenvalue weighted by molar-refractivity contribution is -0.119. The van der Waals surface area contributed by atoms with Gasteiger partial charge in [0, 0.05) is 41.1 Å². The number of phenols is 1. The predicted octanol–water partition coefficient (Wildman–Crippen LogP) is 13.0. The van der Waals surface area contributed by atoms with Gasteiger partial charge in [-0.25, -0.2) is 14.2 Å². The molecule has 0 spiro atoms. The first-order valence-corrected chi connectivity index (χ1v) is 24.2. The number of carboxylic acid groups (broad SMARTS) is 1. The SMILES string of the molecule is CCCCCCCCCCCC(C)C(=O)Nc1cc(COC(=O)NCc2ccc(-c3c4ccc(=O)cc-4oc4cc(O)ccc34)c(C(=O)O)c2)ccc1OP(=O)(OC(C)(C)C)OC(C)(C)C. The Kier molecular flexibility index (Phi) is 17.6. The monoisotopic (exact) mass is 928 g/mol. The Hall–Kier alpha value is -5.69. The minimum atomic E-state index is -4.27. The van der Waals surface area contributed by atoms with E-state index < -0.39 is 31.1 Å². The molecule has 0 radical (unpaired) electrons. The lowest BCUT2D eigenvalue weighted by atomic mass is 9.90. The molecule has 66 heavy (non-hydrogen) atoms. The van der Waals surface area contributed by atoms with Crippen molar-refractivity contribution in [1.29, 1.82) is 0 Å². The highest BCUT2D eigenvalue weighted by atomic mass is 31.2. The number of aromatic hydroxyl groups is 1. The normalized spacial score (nSPS) is 12.5. The number of benzene rings is 4. The van der Waals surface area contributed by atoms with Crippen LogP contribution < -0.4 is 20.6 Å². The van der Waals surface area contributed by atoms with Crippen molar-refractivity contribution in [2.75, 3.05) is 5.32 Å². The van der Waals surface area contributed by atoms with Crippen molar-refractivity contribution in [1.82, 2.24) is 5.32 Å². The average Bonchev–Trinajstić information content (AvgIpc) is 3.22. The molecule has 4 N–H and O–H groups in total. The number of phosphoric acid groups is 1. The predicted molar refractivity (Wildman–Crippen MR) is 256 cm³/mol. The first-order valence-electron chi connectivity index (χ1n) is 22.8. The van der Waals surface area contributed by atoms with Gasteiger partial charge in [-0.2, -0.15) is 0 Å². The van der Waals surface area contributed by atoms with E-state index in [-0.39, 0.29) is 64.5 Å². The molecular weight excluding hydrogens is 864 g/mol. The topological polar surface area (TPSA) is 200 Å². The average molecular weight is 929 g/mol. The zero-order valence-electron chi connectivity index (χ0n) is 39.4. The third kappa shape index (κ3) is 15.2. The first kappa shape index (κ1) is 51.3. The number of alkyl carbamates (subject to hydrolysis) is 1. The van der Waals surface area contributed by atoms with Crippen LogP contribution in [0.5, 0.6) is 11.5 Å². The molecule has 0 bridgehead atoms. The second-order valence-electron chi connectivity index (χ2n) is 18.7. The van der Waals surface area contributed by atoms with E-state index in [4.69, 9.17) is 22.7 Å². The number of unbranched alkanes of at least 4 members (excludes halogenated alkanes) is 8. The van der Waals surface area contributed by atoms with E-state index in [1.165, 1.54) is 74.9 Å². The number of phenolic OH excluding ortho intramolecular Hbond substituents is 1. The minimum absolute atomic E-state index is 0.0422. The summed E-state index contributed by atoms with van der Waals surface area (Å²) in [5, 5.41) is 26.6. The van der Waals surface area contributed by atoms with E-state index in [0.29, 0.717) is 39.6 Å². The third-order valence-corrected chi connectivity index (χ3v) is 12.5. The molecule has 0 fully saturated rings. The van der Waals surface area contributed by atoms with Crippen LogP contribution in [0.4, 0.5) is 10.5 Å². The van der Waals surface area contributed by atoms with Crippen LogP contribution in [0.2, 0.25) is 0 Å². The summed E-state index contributed by atoms with van der Waals surface area (Å²) >= 11 is 0. The van der Waals surface area contributed by atoms with E-state index in [9.17, 15) is 34.0 Å². The fourth-order valence-corrected chi connectivity index (χ4v) is 9.31. The minimum Gasteiger partial charge on any atom is -0.508 e. The van der Waals surface area contributed by atoms with Gasteiger partial charge < -0.3 is 34.5 Å². The Morgan fingerprint density at radius 3 is 2.06 bits per heavy atom. The maximum Gasteiger partial charge on any atom is 0.531 e. The van der Waals surface area contributed by atoms with Gasteiger partial charge in [-0.05, 0) is 107 Å². The second kappa shape index (κ2) is 22.7. The highest BCUT2D eigenvalue weighted by Crippen LogP contribution is 2.56. The van der Waals surface area contributed by atoms with Crippen LogP contribution in [0.3, 0.4) is 0 Å². The maximum absolute atomic E-state index is 14.1. The molecule has 0 saturated heterocycles. The third-order valence-electron chi connectivity index (χ3n) is 10.5. The lowest BCUT2D eigenvalue weighted by Gasteiger charge is -2.31. The molecule has 2 aliphatic rings. The number of carboxylic acids is 1. The first-order chi connectivity index (χ1) is 31.1. The molecule has 1 unspecified atom stereocenters. The van der Waals surface area contributed by atoms with Crippen LogP contribution >= 0.6 is 7.82 Å². The van der Waals surface area contributed by atoms with Crippen molar-refractivity contribution in [3.05, 3.63) is 99.7 Å². The highest BCUT2D eigenvalue weighted by Gasteiger charge is 2.39. The van der Waals surface area contributed by atoms with E-state index in [1.807, 2.05) is 6.92 Å². The number of amides is 2. The molecule has 15 heteroatoms. The highest BCUT2D eigenvalue weighted by molar-refractivity contribution is 7.49. The summed E-state index contributed by atoms with van der Waals surface area (Å²) in [7, 11) is -4.27. The van der Waals surface area contributed by atoms with Gasteiger partial charge in [-0.3, -0.25) is 18.6 Å². The molecule has 3 aromatic rings. The summed E-state index contributed by atoms with van der Waals surface area (Å²) in [6.07, 6.45) is 10.4. The van der Waals surface area contributed by atoms with E-state index in [2.05, 4.69) is 17.6 Å². The van der Waals surface area contributed by atoms with Gasteiger partial charge in [0.15, 0.2) is 11.2 Å². The number of nitrogens with one attached hydrogen (secondary N) is 2. The maximum atomic E-state index is 14.1. The molecule has 356 valence electrons. The number of carbonyl (C=O) groups is 3. The molecule has 1 aliphatic heterocycles. The summed E-state index contributed by atoms with van der Waals surface area (Å²) in [5.74, 6) is -1.62. The van der Waals surface area contributed by atoms with Crippen molar-refractivity contribution < 1.29 is 51.9 Å². The number of fused-ring (bicyclic) bond motifs is 2. The van der Waals surface area contributed by atoms with Gasteiger partial charge in [0.25, 0.3) is 0 Å². The van der Waals surface area contributed by atoms with Gasteiger partial charge in [0.1, 0.15) is 23.7 Å². The smallest absolute Gasteiger partial charge is 0.508 e. The molecule has 1 aliphatic carbocycles. The van der Waals surface area contributed by atoms with Crippen LogP contribution in [0.25, 0.3) is 33.4 Å². The fraction of sp³-hybridized carbons (Fsp3) is 0.451. The van der Waals surface area contributed by atoms with Crippen molar-refractivity contribution in [2.24, 2.45) is 5.92 Å². The zero-order chi connectivity index (χ0) is 48.2. The van der Waals surface area contributed by atoms with E-state index in [0.717, 1.165) is 19.3 Å². The Morgan fingerprint density at radius 1 is 0.773 bits per heavy atom. The van der Waals surface area contributed by atoms with Crippen LogP contribution in [0.1, 0.15) is 141 Å². The summed E-state index contributed by atoms with van der Waals surface area (Å²) < 4.78 is 43.3. The quantitative estimate of drug-likeness (QED) is 0.0291. The summed E-state index contributed by atoms with van der Waals surface area (Å²) in [6.45, 7) is 14.1. The van der Waals surface area contributed by atoms with Gasteiger partial charge in [0.2, 0.25) is 5.91 Å². The number of ether oxygens (including phenoxy) is 1. The summed E-state index contributed by atoms with van der Waals surface area (Å²) in [5.41, 5.74) is 0.526. The number of hydrogen-bond acceptors (Lipinski definition) is 11. The number of rotatable bonds is 22. The molecule has 2 amide bonds. The van der Waals surface area contributed by atoms with Gasteiger partial charge >= 0.3 is 19.9 Å². The number of aromatic carboxylic acids is 1. The standard InChI is InChI=1S/C51H65N2O12P/c1-9-10-11-12-13-14-15-16-17-18-33(2)47(56)53-42-28-35(20-26-43(42)63-66(60,64-50(3,4)5)65-51(6,7)8)32-61-49(59)52-31-34-19-23-38(41(27-34)48(57)58)46-39-24-21-36(54)29-44(39)62-45-30-37(55)22-25-40(45)46/h19-30,33,54H,9-18,31-32H2,1-8H3,(H,52,59)(H,53,56)(H,57,58).